The van der Waals surface area contributed by atoms with Gasteiger partial charge in [0.25, 0.3) is 5.91 Å². The zero-order valence-electron chi connectivity index (χ0n) is 12.5. The highest BCUT2D eigenvalue weighted by atomic mass is 16.1. The first-order chi connectivity index (χ1) is 10.7. The molecule has 2 aliphatic heterocycles. The summed E-state index contributed by atoms with van der Waals surface area (Å²) in [4.78, 5) is 13.5. The number of amides is 1. The number of fused-ring (bicyclic) bond motifs is 1. The Balaban J connectivity index is 1.40. The van der Waals surface area contributed by atoms with E-state index < -0.39 is 5.91 Å². The van der Waals surface area contributed by atoms with Crippen LogP contribution in [-0.2, 0) is 19.5 Å². The van der Waals surface area contributed by atoms with E-state index in [0.717, 1.165) is 44.7 Å². The molecule has 2 N–H and O–H groups in total. The van der Waals surface area contributed by atoms with Gasteiger partial charge in [-0.05, 0) is 25.3 Å². The Labute approximate surface area is 128 Å². The van der Waals surface area contributed by atoms with Gasteiger partial charge in [0, 0.05) is 38.1 Å². The molecule has 4 rings (SSSR count). The molecule has 7 nitrogen and oxygen atoms in total. The first kappa shape index (κ1) is 13.5. The molecular weight excluding hydrogens is 280 g/mol. The van der Waals surface area contributed by atoms with Gasteiger partial charge < -0.3 is 5.73 Å². The SMILES string of the molecule is NC(=O)c1cnn(C2CCN(Cc3cc4n(n3)CCC4)C2)c1. The molecular formula is C15H20N6O. The van der Waals surface area contributed by atoms with E-state index in [-0.39, 0.29) is 0 Å². The lowest BCUT2D eigenvalue weighted by molar-refractivity contribution is 0.1000. The highest BCUT2D eigenvalue weighted by Crippen LogP contribution is 2.23. The number of primary amides is 1. The van der Waals surface area contributed by atoms with Gasteiger partial charge in [-0.1, -0.05) is 0 Å². The van der Waals surface area contributed by atoms with Crippen LogP contribution in [0, 0.1) is 0 Å². The van der Waals surface area contributed by atoms with E-state index in [4.69, 9.17) is 5.73 Å². The molecule has 1 atom stereocenters. The predicted molar refractivity (Wildman–Crippen MR) is 80.2 cm³/mol. The molecule has 0 bridgehead atoms. The van der Waals surface area contributed by atoms with Gasteiger partial charge in [-0.3, -0.25) is 19.1 Å². The van der Waals surface area contributed by atoms with Gasteiger partial charge in [-0.25, -0.2) is 0 Å². The van der Waals surface area contributed by atoms with Crippen LogP contribution in [0.2, 0.25) is 0 Å². The maximum Gasteiger partial charge on any atom is 0.251 e. The third-order valence-electron chi connectivity index (χ3n) is 4.61. The molecule has 0 aromatic carbocycles. The van der Waals surface area contributed by atoms with Crippen LogP contribution in [0.3, 0.4) is 0 Å². The summed E-state index contributed by atoms with van der Waals surface area (Å²) >= 11 is 0. The third-order valence-corrected chi connectivity index (χ3v) is 4.61. The number of likely N-dealkylation sites (tertiary alicyclic amines) is 1. The molecule has 22 heavy (non-hydrogen) atoms. The first-order valence-electron chi connectivity index (χ1n) is 7.81. The van der Waals surface area contributed by atoms with Crippen molar-refractivity contribution >= 4 is 5.91 Å². The van der Waals surface area contributed by atoms with Crippen LogP contribution in [0.1, 0.15) is 40.6 Å². The van der Waals surface area contributed by atoms with Crippen LogP contribution in [0.25, 0.3) is 0 Å². The average molecular weight is 300 g/mol. The van der Waals surface area contributed by atoms with Gasteiger partial charge >= 0.3 is 0 Å². The largest absolute Gasteiger partial charge is 0.366 e. The number of rotatable bonds is 4. The molecule has 2 aliphatic rings. The Bertz CT molecular complexity index is 681. The molecule has 0 aliphatic carbocycles. The second-order valence-corrected chi connectivity index (χ2v) is 6.20. The van der Waals surface area contributed by atoms with Crippen LogP contribution in [0.5, 0.6) is 0 Å². The minimum atomic E-state index is -0.423. The van der Waals surface area contributed by atoms with Crippen LogP contribution in [-0.4, -0.2) is 43.5 Å². The number of hydrogen-bond acceptors (Lipinski definition) is 4. The molecule has 0 radical (unpaired) electrons. The van der Waals surface area contributed by atoms with Crippen molar-refractivity contribution < 1.29 is 4.79 Å². The molecule has 2 aromatic rings. The average Bonchev–Trinajstić information content (AvgIpc) is 3.21. The van der Waals surface area contributed by atoms with Crippen LogP contribution in [0.4, 0.5) is 0 Å². The number of aryl methyl sites for hydroxylation is 2. The van der Waals surface area contributed by atoms with Crippen molar-refractivity contribution in [1.82, 2.24) is 24.5 Å². The number of carbonyl (C=O) groups is 1. The summed E-state index contributed by atoms with van der Waals surface area (Å²) in [5.74, 6) is -0.423. The molecule has 1 fully saturated rings. The number of nitrogens with two attached hydrogens (primary N) is 1. The van der Waals surface area contributed by atoms with E-state index in [2.05, 4.69) is 25.8 Å². The lowest BCUT2D eigenvalue weighted by atomic mass is 10.2. The summed E-state index contributed by atoms with van der Waals surface area (Å²) in [6, 6.07) is 2.54. The van der Waals surface area contributed by atoms with E-state index in [9.17, 15) is 4.79 Å². The normalized spacial score (nSPS) is 21.4. The molecule has 4 heterocycles. The number of hydrogen-bond donors (Lipinski definition) is 1. The fourth-order valence-corrected chi connectivity index (χ4v) is 3.46. The molecule has 7 heteroatoms. The summed E-state index contributed by atoms with van der Waals surface area (Å²) in [7, 11) is 0. The quantitative estimate of drug-likeness (QED) is 0.895. The number of carbonyl (C=O) groups excluding carboxylic acids is 1. The van der Waals surface area contributed by atoms with Crippen molar-refractivity contribution in [2.45, 2.75) is 38.4 Å². The highest BCUT2D eigenvalue weighted by molar-refractivity contribution is 5.92. The molecule has 2 aromatic heterocycles. The smallest absolute Gasteiger partial charge is 0.251 e. The summed E-state index contributed by atoms with van der Waals surface area (Å²) in [5.41, 5.74) is 8.28. The number of nitrogens with zero attached hydrogens (tertiary/aromatic N) is 5. The van der Waals surface area contributed by atoms with Crippen molar-refractivity contribution in [3.63, 3.8) is 0 Å². The van der Waals surface area contributed by atoms with Crippen molar-refractivity contribution in [2.75, 3.05) is 13.1 Å². The Hall–Kier alpha value is -2.15. The summed E-state index contributed by atoms with van der Waals surface area (Å²) in [5, 5.41) is 8.94. The topological polar surface area (TPSA) is 82.0 Å². The van der Waals surface area contributed by atoms with Gasteiger partial charge in [0.05, 0.1) is 23.5 Å². The fourth-order valence-electron chi connectivity index (χ4n) is 3.46. The van der Waals surface area contributed by atoms with E-state index in [1.54, 1.807) is 12.4 Å². The molecule has 1 amide bonds. The molecule has 0 spiro atoms. The van der Waals surface area contributed by atoms with Gasteiger partial charge in [-0.2, -0.15) is 10.2 Å². The van der Waals surface area contributed by atoms with Gasteiger partial charge in [0.15, 0.2) is 0 Å². The standard InChI is InChI=1S/C15H20N6O/c16-15(22)11-7-17-21(8-11)14-3-5-19(10-14)9-12-6-13-2-1-4-20(13)18-12/h6-8,14H,1-5,9-10H2,(H2,16,22). The van der Waals surface area contributed by atoms with Crippen molar-refractivity contribution in [1.29, 1.82) is 0 Å². The summed E-state index contributed by atoms with van der Waals surface area (Å²) in [6.07, 6.45) is 6.70. The number of aromatic nitrogens is 4. The van der Waals surface area contributed by atoms with Gasteiger partial charge in [0.1, 0.15) is 0 Å². The molecule has 1 saturated heterocycles. The van der Waals surface area contributed by atoms with Crippen molar-refractivity contribution in [3.8, 4) is 0 Å². The van der Waals surface area contributed by atoms with Crippen LogP contribution < -0.4 is 5.73 Å². The van der Waals surface area contributed by atoms with Crippen molar-refractivity contribution in [2.24, 2.45) is 5.73 Å². The summed E-state index contributed by atoms with van der Waals surface area (Å²) in [6.45, 7) is 3.91. The molecule has 0 saturated carbocycles. The maximum absolute atomic E-state index is 11.2. The predicted octanol–water partition coefficient (Wildman–Crippen LogP) is 0.572. The fraction of sp³-hybridized carbons (Fsp3) is 0.533. The molecule has 1 unspecified atom stereocenters. The van der Waals surface area contributed by atoms with E-state index in [1.165, 1.54) is 12.1 Å². The lowest BCUT2D eigenvalue weighted by Crippen LogP contribution is -2.21. The third kappa shape index (κ3) is 2.41. The maximum atomic E-state index is 11.2. The Morgan fingerprint density at radius 2 is 2.32 bits per heavy atom. The van der Waals surface area contributed by atoms with Gasteiger partial charge in [0.2, 0.25) is 0 Å². The van der Waals surface area contributed by atoms with Crippen molar-refractivity contribution in [3.05, 3.63) is 35.4 Å². The second kappa shape index (κ2) is 5.24. The monoisotopic (exact) mass is 300 g/mol. The van der Waals surface area contributed by atoms with E-state index >= 15 is 0 Å². The van der Waals surface area contributed by atoms with E-state index in [1.807, 2.05) is 4.68 Å². The second-order valence-electron chi connectivity index (χ2n) is 6.20. The summed E-state index contributed by atoms with van der Waals surface area (Å²) < 4.78 is 4.00. The highest BCUT2D eigenvalue weighted by Gasteiger charge is 2.26. The van der Waals surface area contributed by atoms with Gasteiger partial charge in [-0.15, -0.1) is 0 Å². The van der Waals surface area contributed by atoms with Crippen LogP contribution in [0.15, 0.2) is 18.5 Å². The Morgan fingerprint density at radius 1 is 1.41 bits per heavy atom. The lowest BCUT2D eigenvalue weighted by Gasteiger charge is -2.14. The zero-order chi connectivity index (χ0) is 15.1. The Morgan fingerprint density at radius 3 is 3.09 bits per heavy atom. The minimum Gasteiger partial charge on any atom is -0.366 e. The minimum absolute atomic E-state index is 0.308. The van der Waals surface area contributed by atoms with Crippen LogP contribution >= 0.6 is 0 Å². The zero-order valence-corrected chi connectivity index (χ0v) is 12.5. The Kier molecular flexibility index (Phi) is 3.22. The molecule has 116 valence electrons. The van der Waals surface area contributed by atoms with E-state index in [0.29, 0.717) is 11.6 Å². The first-order valence-corrected chi connectivity index (χ1v) is 7.81.